The zero-order valence-electron chi connectivity index (χ0n) is 9.80. The Balaban J connectivity index is 2.01. The summed E-state index contributed by atoms with van der Waals surface area (Å²) < 4.78 is 31.5. The Morgan fingerprint density at radius 3 is 2.72 bits per heavy atom. The Labute approximate surface area is 105 Å². The highest BCUT2D eigenvalue weighted by molar-refractivity contribution is 7.89. The van der Waals surface area contributed by atoms with Gasteiger partial charge in [0.15, 0.2) is 0 Å². The maximum Gasteiger partial charge on any atom is 0.243 e. The number of rotatable bonds is 2. The molecule has 1 N–H and O–H groups in total. The fourth-order valence-corrected chi connectivity index (χ4v) is 3.56. The molecule has 1 aliphatic heterocycles. The van der Waals surface area contributed by atoms with Crippen LogP contribution in [0.15, 0.2) is 35.4 Å². The van der Waals surface area contributed by atoms with Crippen LogP contribution >= 0.6 is 0 Å². The van der Waals surface area contributed by atoms with Gasteiger partial charge in [0.05, 0.1) is 18.1 Å². The number of fused-ring (bicyclic) bond motifs is 1. The van der Waals surface area contributed by atoms with E-state index >= 15 is 0 Å². The number of hydrogen-bond donors (Lipinski definition) is 1. The molecule has 0 unspecified atom stereocenters. The van der Waals surface area contributed by atoms with Crippen molar-refractivity contribution in [2.24, 2.45) is 0 Å². The Morgan fingerprint density at radius 2 is 1.94 bits per heavy atom. The third kappa shape index (κ3) is 1.92. The molecular weight excluding hydrogens is 252 g/mol. The van der Waals surface area contributed by atoms with Gasteiger partial charge in [0.1, 0.15) is 0 Å². The van der Waals surface area contributed by atoms with E-state index in [1.54, 1.807) is 18.3 Å². The summed E-state index contributed by atoms with van der Waals surface area (Å²) in [5, 5.41) is 1.01. The second-order valence-corrected chi connectivity index (χ2v) is 6.18. The number of H-pyrrole nitrogens is 1. The maximum absolute atomic E-state index is 12.4. The van der Waals surface area contributed by atoms with E-state index in [0.717, 1.165) is 10.9 Å². The van der Waals surface area contributed by atoms with Gasteiger partial charge in [-0.1, -0.05) is 6.07 Å². The Kier molecular flexibility index (Phi) is 2.85. The summed E-state index contributed by atoms with van der Waals surface area (Å²) in [4.78, 5) is 3.36. The monoisotopic (exact) mass is 266 g/mol. The smallest absolute Gasteiger partial charge is 0.243 e. The normalized spacial score (nSPS) is 18.2. The first kappa shape index (κ1) is 11.7. The molecule has 0 atom stereocenters. The summed E-state index contributed by atoms with van der Waals surface area (Å²) in [6.07, 6.45) is 1.80. The number of morpholine rings is 1. The van der Waals surface area contributed by atoms with Crippen LogP contribution in [-0.2, 0) is 14.8 Å². The van der Waals surface area contributed by atoms with Crippen molar-refractivity contribution in [1.82, 2.24) is 9.29 Å². The lowest BCUT2D eigenvalue weighted by atomic mass is 10.2. The molecule has 5 nitrogen and oxygen atoms in total. The summed E-state index contributed by atoms with van der Waals surface area (Å²) in [6.45, 7) is 1.77. The summed E-state index contributed by atoms with van der Waals surface area (Å²) in [5.74, 6) is 0. The summed E-state index contributed by atoms with van der Waals surface area (Å²) in [7, 11) is -3.40. The molecule has 96 valence electrons. The lowest BCUT2D eigenvalue weighted by molar-refractivity contribution is 0.0730. The van der Waals surface area contributed by atoms with Crippen molar-refractivity contribution in [3.63, 3.8) is 0 Å². The van der Waals surface area contributed by atoms with E-state index < -0.39 is 10.0 Å². The predicted molar refractivity (Wildman–Crippen MR) is 67.9 cm³/mol. The first-order chi connectivity index (χ1) is 8.68. The number of nitrogens with zero attached hydrogens (tertiary/aromatic N) is 1. The molecule has 0 bridgehead atoms. The minimum atomic E-state index is -3.40. The van der Waals surface area contributed by atoms with Crippen LogP contribution in [0.1, 0.15) is 0 Å². The first-order valence-electron chi connectivity index (χ1n) is 5.83. The lowest BCUT2D eigenvalue weighted by Crippen LogP contribution is -2.40. The summed E-state index contributed by atoms with van der Waals surface area (Å²) in [6, 6.07) is 7.07. The van der Waals surface area contributed by atoms with Gasteiger partial charge >= 0.3 is 0 Å². The minimum absolute atomic E-state index is 0.333. The van der Waals surface area contributed by atoms with E-state index in [1.165, 1.54) is 4.31 Å². The average molecular weight is 266 g/mol. The number of nitrogens with one attached hydrogen (secondary N) is 1. The summed E-state index contributed by atoms with van der Waals surface area (Å²) in [5.41, 5.74) is 0.837. The average Bonchev–Trinajstić information content (AvgIpc) is 2.87. The van der Waals surface area contributed by atoms with E-state index in [-0.39, 0.29) is 0 Å². The third-order valence-electron chi connectivity index (χ3n) is 3.13. The van der Waals surface area contributed by atoms with E-state index in [4.69, 9.17) is 4.74 Å². The molecule has 1 saturated heterocycles. The van der Waals surface area contributed by atoms with Crippen LogP contribution in [0.25, 0.3) is 10.9 Å². The molecule has 2 aromatic rings. The highest BCUT2D eigenvalue weighted by Crippen LogP contribution is 2.21. The van der Waals surface area contributed by atoms with Gasteiger partial charge in [0, 0.05) is 24.8 Å². The SMILES string of the molecule is O=S(=O)(c1ccc2cc[nH]c2c1)N1CCOCC1. The standard InChI is InChI=1S/C12H14N2O3S/c15-18(16,14-5-7-17-8-6-14)11-2-1-10-3-4-13-12(10)9-11/h1-4,9,13H,5-8H2. The van der Waals surface area contributed by atoms with Crippen LogP contribution in [0, 0.1) is 0 Å². The number of ether oxygens (including phenoxy) is 1. The van der Waals surface area contributed by atoms with Crippen molar-refractivity contribution in [2.75, 3.05) is 26.3 Å². The molecule has 3 rings (SSSR count). The highest BCUT2D eigenvalue weighted by atomic mass is 32.2. The van der Waals surface area contributed by atoms with Gasteiger partial charge in [-0.05, 0) is 23.6 Å². The van der Waals surface area contributed by atoms with Gasteiger partial charge in [0.25, 0.3) is 0 Å². The van der Waals surface area contributed by atoms with Crippen molar-refractivity contribution >= 4 is 20.9 Å². The molecule has 1 fully saturated rings. The fourth-order valence-electron chi connectivity index (χ4n) is 2.12. The topological polar surface area (TPSA) is 62.4 Å². The van der Waals surface area contributed by atoms with Crippen molar-refractivity contribution in [3.05, 3.63) is 30.5 Å². The minimum Gasteiger partial charge on any atom is -0.379 e. The highest BCUT2D eigenvalue weighted by Gasteiger charge is 2.26. The van der Waals surface area contributed by atoms with Crippen LogP contribution in [0.2, 0.25) is 0 Å². The van der Waals surface area contributed by atoms with Crippen molar-refractivity contribution in [1.29, 1.82) is 0 Å². The second-order valence-electron chi connectivity index (χ2n) is 4.24. The van der Waals surface area contributed by atoms with E-state index in [0.29, 0.717) is 31.2 Å². The maximum atomic E-state index is 12.4. The molecule has 2 heterocycles. The van der Waals surface area contributed by atoms with Crippen molar-refractivity contribution in [3.8, 4) is 0 Å². The number of hydrogen-bond acceptors (Lipinski definition) is 3. The van der Waals surface area contributed by atoms with Gasteiger partial charge in [-0.25, -0.2) is 8.42 Å². The molecule has 18 heavy (non-hydrogen) atoms. The fraction of sp³-hybridized carbons (Fsp3) is 0.333. The Hall–Kier alpha value is -1.37. The zero-order chi connectivity index (χ0) is 12.6. The van der Waals surface area contributed by atoms with Crippen LogP contribution in [0.5, 0.6) is 0 Å². The second kappa shape index (κ2) is 4.38. The molecule has 0 aliphatic carbocycles. The van der Waals surface area contributed by atoms with Crippen LogP contribution < -0.4 is 0 Å². The van der Waals surface area contributed by atoms with Gasteiger partial charge < -0.3 is 9.72 Å². The van der Waals surface area contributed by atoms with Crippen LogP contribution in [-0.4, -0.2) is 44.0 Å². The van der Waals surface area contributed by atoms with Crippen LogP contribution in [0.4, 0.5) is 0 Å². The molecule has 0 spiro atoms. The first-order valence-corrected chi connectivity index (χ1v) is 7.27. The number of aromatic nitrogens is 1. The summed E-state index contributed by atoms with van der Waals surface area (Å²) >= 11 is 0. The molecule has 1 aliphatic rings. The molecule has 1 aromatic carbocycles. The van der Waals surface area contributed by atoms with Gasteiger partial charge in [-0.3, -0.25) is 0 Å². The molecular formula is C12H14N2O3S. The number of benzene rings is 1. The Morgan fingerprint density at radius 1 is 1.17 bits per heavy atom. The van der Waals surface area contributed by atoms with Crippen molar-refractivity contribution < 1.29 is 13.2 Å². The van der Waals surface area contributed by atoms with E-state index in [2.05, 4.69) is 4.98 Å². The zero-order valence-corrected chi connectivity index (χ0v) is 10.6. The predicted octanol–water partition coefficient (Wildman–Crippen LogP) is 1.19. The molecule has 0 amide bonds. The van der Waals surface area contributed by atoms with Crippen molar-refractivity contribution in [2.45, 2.75) is 4.90 Å². The van der Waals surface area contributed by atoms with E-state index in [9.17, 15) is 8.42 Å². The van der Waals surface area contributed by atoms with Gasteiger partial charge in [-0.15, -0.1) is 0 Å². The third-order valence-corrected chi connectivity index (χ3v) is 5.03. The number of aromatic amines is 1. The quantitative estimate of drug-likeness (QED) is 0.888. The lowest BCUT2D eigenvalue weighted by Gasteiger charge is -2.26. The largest absolute Gasteiger partial charge is 0.379 e. The molecule has 1 aromatic heterocycles. The Bertz CT molecular complexity index is 657. The van der Waals surface area contributed by atoms with Gasteiger partial charge in [-0.2, -0.15) is 4.31 Å². The van der Waals surface area contributed by atoms with E-state index in [1.807, 2.05) is 12.1 Å². The van der Waals surface area contributed by atoms with Gasteiger partial charge in [0.2, 0.25) is 10.0 Å². The number of sulfonamides is 1. The molecule has 0 saturated carbocycles. The molecule has 6 heteroatoms. The van der Waals surface area contributed by atoms with Crippen LogP contribution in [0.3, 0.4) is 0 Å². The molecule has 0 radical (unpaired) electrons.